The van der Waals surface area contributed by atoms with Crippen molar-refractivity contribution < 1.29 is 18.7 Å². The van der Waals surface area contributed by atoms with Crippen molar-refractivity contribution in [1.82, 2.24) is 10.2 Å². The quantitative estimate of drug-likeness (QED) is 0.792. The topological polar surface area (TPSA) is 71.8 Å². The number of nitrogens with one attached hydrogen (secondary N) is 1. The van der Waals surface area contributed by atoms with E-state index in [1.165, 1.54) is 18.2 Å². The number of ether oxygens (including phenoxy) is 1. The number of rotatable bonds is 6. The van der Waals surface area contributed by atoms with Gasteiger partial charge in [0, 0.05) is 38.2 Å². The molecule has 2 aromatic rings. The molecular formula is C21H26N2O4. The number of fused-ring (bicyclic) bond motifs is 1. The lowest BCUT2D eigenvalue weighted by molar-refractivity contribution is -0.140. The van der Waals surface area contributed by atoms with E-state index in [0.717, 1.165) is 30.8 Å². The summed E-state index contributed by atoms with van der Waals surface area (Å²) in [6, 6.07) is 8.53. The van der Waals surface area contributed by atoms with Crippen molar-refractivity contribution in [2.45, 2.75) is 39.8 Å². The number of hydrogen-bond donors (Lipinski definition) is 1. The van der Waals surface area contributed by atoms with Crippen molar-refractivity contribution in [2.24, 2.45) is 0 Å². The minimum atomic E-state index is -0.342. The molecule has 1 aliphatic heterocycles. The number of benzene rings is 1. The summed E-state index contributed by atoms with van der Waals surface area (Å²) in [4.78, 5) is 26.2. The molecule has 0 aliphatic carbocycles. The van der Waals surface area contributed by atoms with Crippen molar-refractivity contribution in [3.8, 4) is 0 Å². The predicted molar refractivity (Wildman–Crippen MR) is 101 cm³/mol. The van der Waals surface area contributed by atoms with Gasteiger partial charge in [0.25, 0.3) is 5.91 Å². The Hall–Kier alpha value is -2.60. The first-order valence-electron chi connectivity index (χ1n) is 9.22. The molecular weight excluding hydrogens is 344 g/mol. The SMILES string of the molecule is COC(=O)CCNC(=O)c1c(C)oc2c1CN(Cc1ccc(C)cc1)CC2. The first-order valence-corrected chi connectivity index (χ1v) is 9.22. The highest BCUT2D eigenvalue weighted by molar-refractivity contribution is 5.97. The predicted octanol–water partition coefficient (Wildman–Crippen LogP) is 2.75. The molecule has 1 N–H and O–H groups in total. The van der Waals surface area contributed by atoms with Crippen LogP contribution in [0.2, 0.25) is 0 Å². The van der Waals surface area contributed by atoms with Gasteiger partial charge in [-0.2, -0.15) is 0 Å². The van der Waals surface area contributed by atoms with E-state index >= 15 is 0 Å². The van der Waals surface area contributed by atoms with E-state index in [4.69, 9.17) is 4.42 Å². The summed E-state index contributed by atoms with van der Waals surface area (Å²) < 4.78 is 10.4. The molecule has 0 radical (unpaired) electrons. The van der Waals surface area contributed by atoms with Crippen LogP contribution in [0, 0.1) is 13.8 Å². The fourth-order valence-electron chi connectivity index (χ4n) is 3.43. The average Bonchev–Trinajstić information content (AvgIpc) is 2.98. The minimum Gasteiger partial charge on any atom is -0.469 e. The van der Waals surface area contributed by atoms with Gasteiger partial charge in [-0.3, -0.25) is 14.5 Å². The fraction of sp³-hybridized carbons (Fsp3) is 0.429. The highest BCUT2D eigenvalue weighted by Gasteiger charge is 2.28. The number of aryl methyl sites for hydroxylation is 2. The van der Waals surface area contributed by atoms with Crippen LogP contribution in [0.25, 0.3) is 0 Å². The normalized spacial score (nSPS) is 13.9. The molecule has 0 fully saturated rings. The van der Waals surface area contributed by atoms with E-state index in [0.29, 0.717) is 17.9 Å². The highest BCUT2D eigenvalue weighted by atomic mass is 16.5. The molecule has 0 unspecified atom stereocenters. The van der Waals surface area contributed by atoms with Crippen LogP contribution in [-0.4, -0.2) is 37.0 Å². The number of carbonyl (C=O) groups excluding carboxylic acids is 2. The van der Waals surface area contributed by atoms with Gasteiger partial charge >= 0.3 is 5.97 Å². The van der Waals surface area contributed by atoms with E-state index in [1.54, 1.807) is 0 Å². The van der Waals surface area contributed by atoms with Crippen LogP contribution < -0.4 is 5.32 Å². The maximum absolute atomic E-state index is 12.6. The van der Waals surface area contributed by atoms with E-state index < -0.39 is 0 Å². The Kier molecular flexibility index (Phi) is 5.96. The molecule has 6 heteroatoms. The number of amides is 1. The molecule has 3 rings (SSSR count). The number of methoxy groups -OCH3 is 1. The molecule has 0 spiro atoms. The van der Waals surface area contributed by atoms with Crippen LogP contribution in [0.3, 0.4) is 0 Å². The second kappa shape index (κ2) is 8.39. The minimum absolute atomic E-state index is 0.154. The Morgan fingerprint density at radius 1 is 1.22 bits per heavy atom. The zero-order valence-electron chi connectivity index (χ0n) is 16.1. The second-order valence-corrected chi connectivity index (χ2v) is 6.96. The first-order chi connectivity index (χ1) is 13.0. The average molecular weight is 370 g/mol. The van der Waals surface area contributed by atoms with Crippen molar-refractivity contribution in [3.63, 3.8) is 0 Å². The first kappa shape index (κ1) is 19.2. The number of furan rings is 1. The van der Waals surface area contributed by atoms with Crippen LogP contribution in [-0.2, 0) is 29.0 Å². The van der Waals surface area contributed by atoms with E-state index in [-0.39, 0.29) is 24.8 Å². The third-order valence-electron chi connectivity index (χ3n) is 4.90. The summed E-state index contributed by atoms with van der Waals surface area (Å²) in [6.45, 7) is 6.57. The number of carbonyl (C=O) groups is 2. The Morgan fingerprint density at radius 3 is 2.67 bits per heavy atom. The summed E-state index contributed by atoms with van der Waals surface area (Å²) in [5.41, 5.74) is 4.06. The molecule has 0 saturated carbocycles. The molecule has 0 saturated heterocycles. The lowest BCUT2D eigenvalue weighted by atomic mass is 10.0. The molecule has 1 aromatic carbocycles. The standard InChI is InChI=1S/C21H26N2O4/c1-14-4-6-16(7-5-14)12-23-11-9-18-17(13-23)20(15(2)27-18)21(25)22-10-8-19(24)26-3/h4-7H,8-13H2,1-3H3,(H,22,25). The summed E-state index contributed by atoms with van der Waals surface area (Å²) in [7, 11) is 1.34. The lowest BCUT2D eigenvalue weighted by Crippen LogP contribution is -2.32. The van der Waals surface area contributed by atoms with Gasteiger partial charge in [0.05, 0.1) is 19.1 Å². The molecule has 6 nitrogen and oxygen atoms in total. The van der Waals surface area contributed by atoms with Crippen LogP contribution in [0.4, 0.5) is 0 Å². The number of hydrogen-bond acceptors (Lipinski definition) is 5. The molecule has 27 heavy (non-hydrogen) atoms. The van der Waals surface area contributed by atoms with Gasteiger partial charge in [0.2, 0.25) is 0 Å². The molecule has 2 heterocycles. The molecule has 1 amide bonds. The smallest absolute Gasteiger partial charge is 0.307 e. The van der Waals surface area contributed by atoms with Crippen molar-refractivity contribution in [2.75, 3.05) is 20.2 Å². The molecule has 0 bridgehead atoms. The van der Waals surface area contributed by atoms with Gasteiger partial charge in [-0.25, -0.2) is 0 Å². The summed E-state index contributed by atoms with van der Waals surface area (Å²) in [6.07, 6.45) is 0.943. The van der Waals surface area contributed by atoms with Crippen LogP contribution >= 0.6 is 0 Å². The lowest BCUT2D eigenvalue weighted by Gasteiger charge is -2.26. The van der Waals surface area contributed by atoms with Crippen LogP contribution in [0.15, 0.2) is 28.7 Å². The molecule has 1 aliphatic rings. The van der Waals surface area contributed by atoms with E-state index in [9.17, 15) is 9.59 Å². The maximum atomic E-state index is 12.6. The third kappa shape index (κ3) is 4.57. The molecule has 1 aromatic heterocycles. The summed E-state index contributed by atoms with van der Waals surface area (Å²) in [5, 5.41) is 2.79. The van der Waals surface area contributed by atoms with Crippen molar-refractivity contribution in [3.05, 3.63) is 58.0 Å². The third-order valence-corrected chi connectivity index (χ3v) is 4.90. The van der Waals surface area contributed by atoms with Gasteiger partial charge in [0.15, 0.2) is 0 Å². The van der Waals surface area contributed by atoms with Gasteiger partial charge < -0.3 is 14.5 Å². The van der Waals surface area contributed by atoms with Crippen molar-refractivity contribution >= 4 is 11.9 Å². The molecule has 0 atom stereocenters. The van der Waals surface area contributed by atoms with Crippen molar-refractivity contribution in [1.29, 1.82) is 0 Å². The maximum Gasteiger partial charge on any atom is 0.307 e. The molecule has 144 valence electrons. The largest absolute Gasteiger partial charge is 0.469 e. The van der Waals surface area contributed by atoms with E-state index in [1.807, 2.05) is 6.92 Å². The second-order valence-electron chi connectivity index (χ2n) is 6.96. The van der Waals surface area contributed by atoms with Gasteiger partial charge in [-0.05, 0) is 19.4 Å². The summed E-state index contributed by atoms with van der Waals surface area (Å²) in [5.74, 6) is 0.989. The summed E-state index contributed by atoms with van der Waals surface area (Å²) >= 11 is 0. The number of nitrogens with zero attached hydrogens (tertiary/aromatic N) is 1. The monoisotopic (exact) mass is 370 g/mol. The van der Waals surface area contributed by atoms with E-state index in [2.05, 4.69) is 46.1 Å². The Morgan fingerprint density at radius 2 is 1.96 bits per heavy atom. The number of esters is 1. The Bertz CT molecular complexity index is 823. The van der Waals surface area contributed by atoms with Crippen LogP contribution in [0.1, 0.15) is 45.0 Å². The van der Waals surface area contributed by atoms with Gasteiger partial charge in [-0.15, -0.1) is 0 Å². The Labute approximate surface area is 159 Å². The Balaban J connectivity index is 1.68. The fourth-order valence-corrected chi connectivity index (χ4v) is 3.43. The van der Waals surface area contributed by atoms with Gasteiger partial charge in [-0.1, -0.05) is 29.8 Å². The van der Waals surface area contributed by atoms with Crippen LogP contribution in [0.5, 0.6) is 0 Å². The zero-order valence-corrected chi connectivity index (χ0v) is 16.1. The highest BCUT2D eigenvalue weighted by Crippen LogP contribution is 2.29. The van der Waals surface area contributed by atoms with Gasteiger partial charge in [0.1, 0.15) is 11.5 Å². The zero-order chi connectivity index (χ0) is 19.4.